The summed E-state index contributed by atoms with van der Waals surface area (Å²) in [4.78, 5) is 12.6. The van der Waals surface area contributed by atoms with E-state index in [1.807, 2.05) is 12.1 Å². The van der Waals surface area contributed by atoms with Crippen molar-refractivity contribution in [1.82, 2.24) is 0 Å². The number of rotatable bonds is 7. The van der Waals surface area contributed by atoms with Gasteiger partial charge in [0.2, 0.25) is 0 Å². The van der Waals surface area contributed by atoms with Crippen LogP contribution < -0.4 is 5.32 Å². The van der Waals surface area contributed by atoms with Crippen molar-refractivity contribution >= 4 is 23.4 Å². The fraction of sp³-hybridized carbons (Fsp3) is 0.735. The maximum Gasteiger partial charge on any atom is 0.411 e. The average Bonchev–Trinajstić information content (AvgIpc) is 3.23. The normalized spacial score (nSPS) is 37.0. The lowest BCUT2D eigenvalue weighted by Crippen LogP contribution is -2.51. The van der Waals surface area contributed by atoms with E-state index in [0.717, 1.165) is 54.8 Å². The number of carbonyl (C=O) groups is 1. The van der Waals surface area contributed by atoms with E-state index in [-0.39, 0.29) is 17.6 Å². The molecular weight excluding hydrogens is 490 g/mol. The van der Waals surface area contributed by atoms with Crippen molar-refractivity contribution in [1.29, 1.82) is 0 Å². The molecule has 0 spiro atoms. The molecule has 3 fully saturated rings. The molecule has 1 N–H and O–H groups in total. The van der Waals surface area contributed by atoms with Crippen molar-refractivity contribution in [2.45, 2.75) is 111 Å². The zero-order chi connectivity index (χ0) is 27.1. The molecule has 5 rings (SSSR count). The first kappa shape index (κ1) is 28.1. The van der Waals surface area contributed by atoms with E-state index in [4.69, 9.17) is 16.3 Å². The maximum atomic E-state index is 12.6. The van der Waals surface area contributed by atoms with Crippen LogP contribution in [0.5, 0.6) is 0 Å². The van der Waals surface area contributed by atoms with E-state index < -0.39 is 0 Å². The Kier molecular flexibility index (Phi) is 8.26. The topological polar surface area (TPSA) is 38.3 Å². The number of allylic oxidation sites excluding steroid dienone is 1. The van der Waals surface area contributed by atoms with E-state index in [2.05, 4.69) is 46.0 Å². The predicted octanol–water partition coefficient (Wildman–Crippen LogP) is 10.3. The summed E-state index contributed by atoms with van der Waals surface area (Å²) in [5.74, 6) is 5.10. The van der Waals surface area contributed by atoms with Gasteiger partial charge in [0.1, 0.15) is 6.10 Å². The van der Waals surface area contributed by atoms with Crippen LogP contribution in [-0.4, -0.2) is 12.2 Å². The van der Waals surface area contributed by atoms with Gasteiger partial charge >= 0.3 is 6.09 Å². The lowest BCUT2D eigenvalue weighted by Gasteiger charge is -2.58. The van der Waals surface area contributed by atoms with Gasteiger partial charge in [0, 0.05) is 17.1 Å². The molecule has 4 aliphatic carbocycles. The molecule has 1 aromatic rings. The Morgan fingerprint density at radius 3 is 2.53 bits per heavy atom. The molecule has 1 amide bonds. The number of hydrogen-bond acceptors (Lipinski definition) is 2. The summed E-state index contributed by atoms with van der Waals surface area (Å²) >= 11 is 5.97. The number of benzene rings is 1. The van der Waals surface area contributed by atoms with Gasteiger partial charge in [-0.2, -0.15) is 0 Å². The van der Waals surface area contributed by atoms with Crippen LogP contribution in [0.25, 0.3) is 0 Å². The fourth-order valence-electron chi connectivity index (χ4n) is 9.58. The number of halogens is 1. The highest BCUT2D eigenvalue weighted by atomic mass is 35.5. The van der Waals surface area contributed by atoms with Crippen LogP contribution in [0.3, 0.4) is 0 Å². The van der Waals surface area contributed by atoms with Crippen LogP contribution in [0.15, 0.2) is 35.9 Å². The Morgan fingerprint density at radius 1 is 1.03 bits per heavy atom. The third-order valence-electron chi connectivity index (χ3n) is 11.6. The molecule has 0 saturated heterocycles. The molecule has 3 nitrogen and oxygen atoms in total. The minimum absolute atomic E-state index is 0.0328. The molecule has 4 aliphatic rings. The van der Waals surface area contributed by atoms with Crippen molar-refractivity contribution in [3.8, 4) is 0 Å². The van der Waals surface area contributed by atoms with Crippen LogP contribution in [0.1, 0.15) is 105 Å². The number of fused-ring (bicyclic) bond motifs is 5. The first-order valence-electron chi connectivity index (χ1n) is 15.5. The molecule has 8 atom stereocenters. The first-order valence-corrected chi connectivity index (χ1v) is 15.9. The summed E-state index contributed by atoms with van der Waals surface area (Å²) in [7, 11) is 0. The predicted molar refractivity (Wildman–Crippen MR) is 158 cm³/mol. The molecule has 0 aromatic heterocycles. The number of ether oxygens (including phenoxy) is 1. The number of amides is 1. The van der Waals surface area contributed by atoms with Crippen LogP contribution >= 0.6 is 11.6 Å². The molecular formula is C34H50ClNO2. The molecule has 0 heterocycles. The van der Waals surface area contributed by atoms with Crippen molar-refractivity contribution in [3.05, 3.63) is 40.9 Å². The Balaban J connectivity index is 1.21. The van der Waals surface area contributed by atoms with Crippen molar-refractivity contribution in [3.63, 3.8) is 0 Å². The van der Waals surface area contributed by atoms with Gasteiger partial charge in [0.05, 0.1) is 0 Å². The molecule has 210 valence electrons. The van der Waals surface area contributed by atoms with Crippen LogP contribution in [0.4, 0.5) is 10.5 Å². The van der Waals surface area contributed by atoms with Gasteiger partial charge in [0.15, 0.2) is 0 Å². The van der Waals surface area contributed by atoms with E-state index >= 15 is 0 Å². The highest BCUT2D eigenvalue weighted by Crippen LogP contribution is 2.67. The highest BCUT2D eigenvalue weighted by Gasteiger charge is 2.59. The summed E-state index contributed by atoms with van der Waals surface area (Å²) in [5.41, 5.74) is 3.08. The summed E-state index contributed by atoms with van der Waals surface area (Å²) in [5, 5.41) is 3.52. The smallest absolute Gasteiger partial charge is 0.411 e. The molecule has 0 unspecified atom stereocenters. The number of hydrogen-bond donors (Lipinski definition) is 1. The van der Waals surface area contributed by atoms with Gasteiger partial charge in [-0.05, 0) is 116 Å². The summed E-state index contributed by atoms with van der Waals surface area (Å²) in [6.07, 6.45) is 16.3. The standard InChI is InChI=1S/C34H50ClNO2/c1-22(2)7-6-8-23(3)29-15-16-30-28-14-9-24-21-27(38-32(37)36-26-12-10-25(35)11-13-26)17-19-33(24,4)31(28)18-20-34(29,30)5/h9-13,22-23,27-31H,6-8,14-21H2,1-5H3,(H,36,37)/t23-,27+,28+,29-,30+,31+,33+,34-/m1/s1. The monoisotopic (exact) mass is 539 g/mol. The molecule has 1 aromatic carbocycles. The Morgan fingerprint density at radius 2 is 1.79 bits per heavy atom. The van der Waals surface area contributed by atoms with Gasteiger partial charge in [-0.15, -0.1) is 0 Å². The molecule has 4 heteroatoms. The molecule has 0 radical (unpaired) electrons. The van der Waals surface area contributed by atoms with E-state index in [9.17, 15) is 4.79 Å². The van der Waals surface area contributed by atoms with Crippen LogP contribution in [0.2, 0.25) is 5.02 Å². The largest absolute Gasteiger partial charge is 0.446 e. The van der Waals surface area contributed by atoms with E-state index in [0.29, 0.717) is 16.1 Å². The third-order valence-corrected chi connectivity index (χ3v) is 11.9. The van der Waals surface area contributed by atoms with Crippen molar-refractivity contribution in [2.24, 2.45) is 46.3 Å². The minimum Gasteiger partial charge on any atom is -0.446 e. The second-order valence-corrected chi connectivity index (χ2v) is 14.6. The number of nitrogens with one attached hydrogen (secondary N) is 1. The highest BCUT2D eigenvalue weighted by molar-refractivity contribution is 6.30. The van der Waals surface area contributed by atoms with Crippen molar-refractivity contribution in [2.75, 3.05) is 5.32 Å². The van der Waals surface area contributed by atoms with Crippen molar-refractivity contribution < 1.29 is 9.53 Å². The number of anilines is 1. The summed E-state index contributed by atoms with van der Waals surface area (Å²) in [6, 6.07) is 7.17. The lowest BCUT2D eigenvalue weighted by molar-refractivity contribution is -0.0577. The van der Waals surface area contributed by atoms with Crippen LogP contribution in [-0.2, 0) is 4.74 Å². The Bertz CT molecular complexity index is 1020. The zero-order valence-electron chi connectivity index (χ0n) is 24.4. The molecule has 0 bridgehead atoms. The number of carbonyl (C=O) groups excluding carboxylic acids is 1. The van der Waals surface area contributed by atoms with E-state index in [1.54, 1.807) is 17.7 Å². The van der Waals surface area contributed by atoms with E-state index in [1.165, 1.54) is 51.4 Å². The van der Waals surface area contributed by atoms with Crippen LogP contribution in [0, 0.1) is 46.3 Å². The zero-order valence-corrected chi connectivity index (χ0v) is 25.2. The lowest BCUT2D eigenvalue weighted by atomic mass is 9.47. The minimum atomic E-state index is -0.358. The molecule has 38 heavy (non-hydrogen) atoms. The fourth-order valence-corrected chi connectivity index (χ4v) is 9.71. The Hall–Kier alpha value is -1.48. The second-order valence-electron chi connectivity index (χ2n) is 14.2. The maximum absolute atomic E-state index is 12.6. The van der Waals surface area contributed by atoms with Gasteiger partial charge in [-0.1, -0.05) is 77.1 Å². The van der Waals surface area contributed by atoms with Gasteiger partial charge < -0.3 is 4.74 Å². The first-order chi connectivity index (χ1) is 18.1. The summed E-state index contributed by atoms with van der Waals surface area (Å²) in [6.45, 7) is 12.5. The quantitative estimate of drug-likeness (QED) is 0.350. The molecule has 3 saturated carbocycles. The third kappa shape index (κ3) is 5.43. The molecule has 0 aliphatic heterocycles. The summed E-state index contributed by atoms with van der Waals surface area (Å²) < 4.78 is 5.90. The van der Waals surface area contributed by atoms with Gasteiger partial charge in [0.25, 0.3) is 0 Å². The SMILES string of the molecule is CC(C)CCC[C@@H](C)[C@H]1CC[C@H]2[C@@H]3CC=C4C[C@@H](OC(=O)Nc5ccc(Cl)cc5)CC[C@]4(C)[C@H]3CC[C@]12C. The van der Waals surface area contributed by atoms with Gasteiger partial charge in [-0.3, -0.25) is 5.32 Å². The van der Waals surface area contributed by atoms with Gasteiger partial charge in [-0.25, -0.2) is 4.79 Å². The second kappa shape index (κ2) is 11.2. The Labute approximate surface area is 236 Å². The average molecular weight is 540 g/mol.